The Hall–Kier alpha value is -2.73. The van der Waals surface area contributed by atoms with Gasteiger partial charge in [0.05, 0.1) is 16.4 Å². The summed E-state index contributed by atoms with van der Waals surface area (Å²) in [5.41, 5.74) is 5.00. The largest absolute Gasteiger partial charge is 0.480 e. The second kappa shape index (κ2) is 6.41. The maximum Gasteiger partial charge on any atom is 0.334 e. The van der Waals surface area contributed by atoms with E-state index in [0.717, 1.165) is 29.2 Å². The topological polar surface area (TPSA) is 164 Å². The van der Waals surface area contributed by atoms with Crippen molar-refractivity contribution in [1.82, 2.24) is 9.21 Å². The zero-order valence-corrected chi connectivity index (χ0v) is 13.0. The molecule has 0 aromatic heterocycles. The van der Waals surface area contributed by atoms with Crippen LogP contribution in [0.3, 0.4) is 0 Å². The number of sulfonamides is 1. The predicted molar refractivity (Wildman–Crippen MR) is 79.6 cm³/mol. The molecule has 1 atom stereocenters. The fourth-order valence-corrected chi connectivity index (χ4v) is 3.80. The third kappa shape index (κ3) is 3.00. The molecule has 1 fully saturated rings. The first kappa shape index (κ1) is 17.6. The fraction of sp³-hybridized carbons (Fsp3) is 0.333. The highest BCUT2D eigenvalue weighted by atomic mass is 32.2. The number of hydrogen-bond donors (Lipinski definition) is 2. The number of benzene rings is 1. The first-order chi connectivity index (χ1) is 11.2. The Morgan fingerprint density at radius 2 is 1.96 bits per heavy atom. The number of carboxylic acid groups (broad SMARTS) is 1. The predicted octanol–water partition coefficient (Wildman–Crippen LogP) is -0.567. The van der Waals surface area contributed by atoms with Crippen molar-refractivity contribution < 1.29 is 28.0 Å². The molecule has 3 N–H and O–H groups in total. The monoisotopic (exact) mass is 358 g/mol. The summed E-state index contributed by atoms with van der Waals surface area (Å²) in [6, 6.07) is 1.23. The van der Waals surface area contributed by atoms with Gasteiger partial charge in [0, 0.05) is 25.2 Å². The van der Waals surface area contributed by atoms with Crippen LogP contribution in [-0.2, 0) is 14.8 Å². The number of aliphatic carboxylic acids is 1. The smallest absolute Gasteiger partial charge is 0.334 e. The summed E-state index contributed by atoms with van der Waals surface area (Å²) in [4.78, 5) is 34.1. The number of non-ortho nitro benzene ring substituents is 1. The molecule has 0 radical (unpaired) electrons. The van der Waals surface area contributed by atoms with Crippen LogP contribution in [0.4, 0.5) is 10.5 Å². The van der Waals surface area contributed by atoms with Crippen LogP contribution in [-0.4, -0.2) is 65.3 Å². The van der Waals surface area contributed by atoms with E-state index < -0.39 is 37.9 Å². The Labute approximate surface area is 136 Å². The molecule has 1 aliphatic heterocycles. The van der Waals surface area contributed by atoms with Crippen LogP contribution in [0.5, 0.6) is 0 Å². The van der Waals surface area contributed by atoms with Crippen molar-refractivity contribution in [3.63, 3.8) is 0 Å². The minimum atomic E-state index is -4.48. The second-order valence-electron chi connectivity index (χ2n) is 4.92. The minimum Gasteiger partial charge on any atom is -0.480 e. The first-order valence-electron chi connectivity index (χ1n) is 6.71. The lowest BCUT2D eigenvalue weighted by Gasteiger charge is -2.20. The maximum absolute atomic E-state index is 12.6. The number of carbonyl (C=O) groups excluding carboxylic acids is 1. The second-order valence-corrected chi connectivity index (χ2v) is 6.74. The number of rotatable bonds is 6. The molecular formula is C12H14N4O7S. The summed E-state index contributed by atoms with van der Waals surface area (Å²) < 4.78 is 25.5. The van der Waals surface area contributed by atoms with Crippen LogP contribution >= 0.6 is 0 Å². The van der Waals surface area contributed by atoms with Crippen molar-refractivity contribution in [2.24, 2.45) is 5.73 Å². The van der Waals surface area contributed by atoms with Gasteiger partial charge in [0.1, 0.15) is 0 Å². The number of hydrogen-bond acceptors (Lipinski definition) is 7. The van der Waals surface area contributed by atoms with Gasteiger partial charge in [-0.2, -0.15) is 0 Å². The molecule has 0 spiro atoms. The summed E-state index contributed by atoms with van der Waals surface area (Å²) in [7, 11) is -4.48. The number of nitrogens with two attached hydrogens (primary N) is 1. The molecule has 1 saturated heterocycles. The molecule has 1 aliphatic rings. The number of carboxylic acids is 1. The summed E-state index contributed by atoms with van der Waals surface area (Å²) in [6.07, 6.45) is 0. The molecule has 130 valence electrons. The number of urea groups is 1. The zero-order valence-electron chi connectivity index (χ0n) is 12.2. The van der Waals surface area contributed by atoms with Crippen molar-refractivity contribution in [3.8, 4) is 0 Å². The van der Waals surface area contributed by atoms with Crippen molar-refractivity contribution in [2.45, 2.75) is 10.9 Å². The average molecular weight is 358 g/mol. The number of carbonyl (C=O) groups is 2. The summed E-state index contributed by atoms with van der Waals surface area (Å²) in [5, 5.41) is 19.8. The van der Waals surface area contributed by atoms with Crippen LogP contribution < -0.4 is 5.73 Å². The molecule has 2 amide bonds. The zero-order chi connectivity index (χ0) is 18.1. The standard InChI is InChI=1S/C12H14N4O7S/c13-5-6-14-7-10(11(17)18)15(12(14)19)24(22,23)9-3-1-8(2-4-9)16(20)21/h1-4,10H,5-7,13H2,(H,17,18). The number of nitro benzene ring substituents is 1. The quantitative estimate of drug-likeness (QED) is 0.504. The molecule has 1 unspecified atom stereocenters. The minimum absolute atomic E-state index is 0.00882. The van der Waals surface area contributed by atoms with Gasteiger partial charge in [0.2, 0.25) is 0 Å². The van der Waals surface area contributed by atoms with Crippen molar-refractivity contribution in [3.05, 3.63) is 34.4 Å². The van der Waals surface area contributed by atoms with Gasteiger partial charge in [0.25, 0.3) is 15.7 Å². The Balaban J connectivity index is 2.43. The number of amides is 2. The maximum atomic E-state index is 12.6. The van der Waals surface area contributed by atoms with Gasteiger partial charge in [-0.1, -0.05) is 0 Å². The molecule has 12 heteroatoms. The first-order valence-corrected chi connectivity index (χ1v) is 8.15. The lowest BCUT2D eigenvalue weighted by atomic mass is 10.3. The van der Waals surface area contributed by atoms with Crippen LogP contribution in [0.15, 0.2) is 29.2 Å². The van der Waals surface area contributed by atoms with Crippen molar-refractivity contribution in [1.29, 1.82) is 0 Å². The Morgan fingerprint density at radius 1 is 1.38 bits per heavy atom. The molecule has 11 nitrogen and oxygen atoms in total. The van der Waals surface area contributed by atoms with Crippen LogP contribution in [0.25, 0.3) is 0 Å². The molecular weight excluding hydrogens is 344 g/mol. The molecule has 1 aromatic rings. The van der Waals surface area contributed by atoms with Crippen LogP contribution in [0, 0.1) is 10.1 Å². The van der Waals surface area contributed by atoms with Gasteiger partial charge in [-0.05, 0) is 12.1 Å². The average Bonchev–Trinajstić information content (AvgIpc) is 2.85. The van der Waals surface area contributed by atoms with E-state index >= 15 is 0 Å². The van der Waals surface area contributed by atoms with E-state index in [1.54, 1.807) is 0 Å². The van der Waals surface area contributed by atoms with Crippen molar-refractivity contribution >= 4 is 27.7 Å². The van der Waals surface area contributed by atoms with E-state index in [1.807, 2.05) is 0 Å². The van der Waals surface area contributed by atoms with Gasteiger partial charge >= 0.3 is 12.0 Å². The molecule has 24 heavy (non-hydrogen) atoms. The highest BCUT2D eigenvalue weighted by Gasteiger charge is 2.48. The molecule has 0 bridgehead atoms. The molecule has 0 saturated carbocycles. The van der Waals surface area contributed by atoms with Gasteiger partial charge in [-0.25, -0.2) is 22.3 Å². The van der Waals surface area contributed by atoms with Gasteiger partial charge in [-0.3, -0.25) is 10.1 Å². The van der Waals surface area contributed by atoms with Gasteiger partial charge in [0.15, 0.2) is 6.04 Å². The van der Waals surface area contributed by atoms with E-state index in [2.05, 4.69) is 0 Å². The number of nitro groups is 1. The van der Waals surface area contributed by atoms with Crippen LogP contribution in [0.2, 0.25) is 0 Å². The molecule has 2 rings (SSSR count). The molecule has 1 heterocycles. The summed E-state index contributed by atoms with van der Waals surface area (Å²) in [6.45, 7) is -0.268. The lowest BCUT2D eigenvalue weighted by Crippen LogP contribution is -2.43. The summed E-state index contributed by atoms with van der Waals surface area (Å²) in [5.74, 6) is -1.48. The Kier molecular flexibility index (Phi) is 4.71. The van der Waals surface area contributed by atoms with Crippen LogP contribution in [0.1, 0.15) is 0 Å². The highest BCUT2D eigenvalue weighted by Crippen LogP contribution is 2.26. The number of nitrogens with zero attached hydrogens (tertiary/aromatic N) is 3. The summed E-state index contributed by atoms with van der Waals surface area (Å²) >= 11 is 0. The van der Waals surface area contributed by atoms with E-state index in [1.165, 1.54) is 0 Å². The SMILES string of the molecule is NCCN1CC(C(=O)O)N(S(=O)(=O)c2ccc([N+](=O)[O-])cc2)C1=O. The van der Waals surface area contributed by atoms with E-state index in [9.17, 15) is 33.2 Å². The normalized spacial score (nSPS) is 18.0. The van der Waals surface area contributed by atoms with Gasteiger partial charge in [-0.15, -0.1) is 0 Å². The Bertz CT molecular complexity index is 777. The third-order valence-electron chi connectivity index (χ3n) is 3.42. The lowest BCUT2D eigenvalue weighted by molar-refractivity contribution is -0.384. The Morgan fingerprint density at radius 3 is 2.42 bits per heavy atom. The fourth-order valence-electron chi connectivity index (χ4n) is 2.28. The van der Waals surface area contributed by atoms with E-state index in [-0.39, 0.29) is 29.6 Å². The molecule has 0 aliphatic carbocycles. The molecule has 1 aromatic carbocycles. The highest BCUT2D eigenvalue weighted by molar-refractivity contribution is 7.89. The van der Waals surface area contributed by atoms with E-state index in [4.69, 9.17) is 5.73 Å². The van der Waals surface area contributed by atoms with Gasteiger partial charge < -0.3 is 15.7 Å². The van der Waals surface area contributed by atoms with E-state index in [0.29, 0.717) is 0 Å². The third-order valence-corrected chi connectivity index (χ3v) is 5.22. The van der Waals surface area contributed by atoms with Crippen molar-refractivity contribution in [2.75, 3.05) is 19.6 Å².